The van der Waals surface area contributed by atoms with Gasteiger partial charge in [0.15, 0.2) is 10.7 Å². The predicted octanol–water partition coefficient (Wildman–Crippen LogP) is 0.865. The molecule has 0 radical (unpaired) electrons. The Kier molecular flexibility index (Phi) is 4.46. The summed E-state index contributed by atoms with van der Waals surface area (Å²) in [5.74, 6) is -2.06. The second-order valence-corrected chi connectivity index (χ2v) is 6.10. The summed E-state index contributed by atoms with van der Waals surface area (Å²) in [4.78, 5) is 10.3. The molecule has 0 unspecified atom stereocenters. The van der Waals surface area contributed by atoms with Gasteiger partial charge in [-0.3, -0.25) is 0 Å². The minimum absolute atomic E-state index is 0.0672. The van der Waals surface area contributed by atoms with E-state index < -0.39 is 26.9 Å². The standard InChI is InChI=1S/C14H16O6S/c1-14(2)19-8-11(20-14)7-9-3-5-10(6-4-9)12(13(15)16)21(17)18/h3-6,11H,7-8H2,1-2H3,(H,15,16)/t11-/m0/s1. The zero-order chi connectivity index (χ0) is 15.6. The lowest BCUT2D eigenvalue weighted by molar-refractivity contribution is -0.138. The number of carboxylic acid groups (broad SMARTS) is 1. The molecule has 6 nitrogen and oxygen atoms in total. The topological polar surface area (TPSA) is 89.9 Å². The number of ether oxygens (including phenoxy) is 2. The first-order valence-electron chi connectivity index (χ1n) is 6.39. The maximum Gasteiger partial charge on any atom is 0.352 e. The first-order chi connectivity index (χ1) is 9.78. The highest BCUT2D eigenvalue weighted by atomic mass is 32.2. The van der Waals surface area contributed by atoms with Crippen LogP contribution < -0.4 is 0 Å². The van der Waals surface area contributed by atoms with Gasteiger partial charge < -0.3 is 14.6 Å². The Labute approximate surface area is 123 Å². The minimum Gasteiger partial charge on any atom is -0.477 e. The Morgan fingerprint density at radius 3 is 2.38 bits per heavy atom. The molecule has 2 rings (SSSR count). The third kappa shape index (κ3) is 3.90. The summed E-state index contributed by atoms with van der Waals surface area (Å²) in [7, 11) is -2.78. The van der Waals surface area contributed by atoms with E-state index in [9.17, 15) is 13.2 Å². The lowest BCUT2D eigenvalue weighted by atomic mass is 10.0. The molecule has 1 aromatic rings. The van der Waals surface area contributed by atoms with Crippen LogP contribution in [0.2, 0.25) is 0 Å². The molecule has 1 saturated heterocycles. The van der Waals surface area contributed by atoms with Crippen molar-refractivity contribution < 1.29 is 27.8 Å². The summed E-state index contributed by atoms with van der Waals surface area (Å²) in [6.07, 6.45) is 0.550. The van der Waals surface area contributed by atoms with E-state index >= 15 is 0 Å². The maximum absolute atomic E-state index is 10.9. The van der Waals surface area contributed by atoms with E-state index in [1.54, 1.807) is 12.1 Å². The fraction of sp³-hybridized carbons (Fsp3) is 0.429. The van der Waals surface area contributed by atoms with Crippen molar-refractivity contribution in [2.45, 2.75) is 32.2 Å². The van der Waals surface area contributed by atoms with Crippen LogP contribution in [-0.2, 0) is 31.0 Å². The molecule has 1 aliphatic rings. The Morgan fingerprint density at radius 1 is 1.33 bits per heavy atom. The first kappa shape index (κ1) is 15.7. The van der Waals surface area contributed by atoms with E-state index in [0.717, 1.165) is 5.56 Å². The van der Waals surface area contributed by atoms with Crippen molar-refractivity contribution in [3.63, 3.8) is 0 Å². The average Bonchev–Trinajstić information content (AvgIpc) is 2.70. The third-order valence-corrected chi connectivity index (χ3v) is 3.85. The van der Waals surface area contributed by atoms with Gasteiger partial charge in [-0.1, -0.05) is 24.3 Å². The summed E-state index contributed by atoms with van der Waals surface area (Å²) < 4.78 is 33.0. The second-order valence-electron chi connectivity index (χ2n) is 5.22. The van der Waals surface area contributed by atoms with Crippen molar-refractivity contribution in [3.8, 4) is 0 Å². The highest BCUT2D eigenvalue weighted by Gasteiger charge is 2.32. The number of carboxylic acids is 1. The van der Waals surface area contributed by atoms with Crippen LogP contribution in [-0.4, -0.2) is 42.9 Å². The molecule has 114 valence electrons. The normalized spacial score (nSPS) is 20.2. The summed E-state index contributed by atoms with van der Waals surface area (Å²) >= 11 is 0. The molecule has 1 atom stereocenters. The van der Waals surface area contributed by atoms with E-state index in [0.29, 0.717) is 13.0 Å². The van der Waals surface area contributed by atoms with Crippen LogP contribution in [0.25, 0.3) is 0 Å². The monoisotopic (exact) mass is 312 g/mol. The average molecular weight is 312 g/mol. The largest absolute Gasteiger partial charge is 0.477 e. The van der Waals surface area contributed by atoms with Crippen LogP contribution in [0.15, 0.2) is 24.3 Å². The maximum atomic E-state index is 10.9. The Bertz CT molecular complexity index is 664. The Balaban J connectivity index is 2.13. The summed E-state index contributed by atoms with van der Waals surface area (Å²) in [6, 6.07) is 6.35. The van der Waals surface area contributed by atoms with Crippen LogP contribution in [0.1, 0.15) is 25.0 Å². The highest BCUT2D eigenvalue weighted by molar-refractivity contribution is 7.75. The molecule has 0 amide bonds. The molecule has 0 saturated carbocycles. The molecule has 0 spiro atoms. The zero-order valence-corrected chi connectivity index (χ0v) is 12.5. The summed E-state index contributed by atoms with van der Waals surface area (Å²) in [5, 5.41) is 8.89. The summed E-state index contributed by atoms with van der Waals surface area (Å²) in [5.41, 5.74) is 1.08. The quantitative estimate of drug-likeness (QED) is 0.655. The summed E-state index contributed by atoms with van der Waals surface area (Å²) in [6.45, 7) is 4.17. The number of rotatable bonds is 4. The number of carbonyl (C=O) groups is 1. The van der Waals surface area contributed by atoms with Crippen molar-refractivity contribution >= 4 is 21.1 Å². The van der Waals surface area contributed by atoms with Gasteiger partial charge in [0, 0.05) is 12.0 Å². The number of aliphatic carboxylic acids is 1. The van der Waals surface area contributed by atoms with Crippen molar-refractivity contribution in [3.05, 3.63) is 35.4 Å². The SMILES string of the molecule is CC1(C)OC[C@H](Cc2ccc(C(C(=O)O)=S(=O)=O)cc2)O1. The molecule has 0 aliphatic carbocycles. The Hall–Kier alpha value is -1.70. The fourth-order valence-electron chi connectivity index (χ4n) is 2.21. The van der Waals surface area contributed by atoms with E-state index in [1.165, 1.54) is 12.1 Å². The molecule has 1 N–H and O–H groups in total. The Morgan fingerprint density at radius 2 is 1.95 bits per heavy atom. The molecule has 1 aromatic carbocycles. The number of benzene rings is 1. The minimum atomic E-state index is -2.78. The van der Waals surface area contributed by atoms with Gasteiger partial charge in [-0.2, -0.15) is 8.42 Å². The predicted molar refractivity (Wildman–Crippen MR) is 75.7 cm³/mol. The fourth-order valence-corrected chi connectivity index (χ4v) is 2.68. The van der Waals surface area contributed by atoms with Gasteiger partial charge in [-0.15, -0.1) is 0 Å². The van der Waals surface area contributed by atoms with E-state index in [4.69, 9.17) is 14.6 Å². The molecular weight excluding hydrogens is 296 g/mol. The second kappa shape index (κ2) is 5.97. The van der Waals surface area contributed by atoms with Crippen molar-refractivity contribution in [1.29, 1.82) is 0 Å². The molecule has 1 aliphatic heterocycles. The molecule has 1 heterocycles. The van der Waals surface area contributed by atoms with Crippen molar-refractivity contribution in [2.24, 2.45) is 0 Å². The van der Waals surface area contributed by atoms with Gasteiger partial charge in [0.1, 0.15) is 0 Å². The van der Waals surface area contributed by atoms with Gasteiger partial charge in [-0.05, 0) is 19.4 Å². The molecule has 7 heteroatoms. The highest BCUT2D eigenvalue weighted by Crippen LogP contribution is 2.24. The van der Waals surface area contributed by atoms with Gasteiger partial charge in [-0.25, -0.2) is 4.79 Å². The van der Waals surface area contributed by atoms with Gasteiger partial charge in [0.05, 0.1) is 12.7 Å². The number of hydrogen-bond donors (Lipinski definition) is 1. The van der Waals surface area contributed by atoms with Crippen LogP contribution >= 0.6 is 0 Å². The number of hydrogen-bond acceptors (Lipinski definition) is 5. The van der Waals surface area contributed by atoms with Crippen LogP contribution in [0.3, 0.4) is 0 Å². The van der Waals surface area contributed by atoms with Crippen LogP contribution in [0.4, 0.5) is 0 Å². The van der Waals surface area contributed by atoms with E-state index in [2.05, 4.69) is 0 Å². The first-order valence-corrected chi connectivity index (χ1v) is 7.46. The lowest BCUT2D eigenvalue weighted by Crippen LogP contribution is -2.22. The van der Waals surface area contributed by atoms with Gasteiger partial charge >= 0.3 is 5.97 Å². The lowest BCUT2D eigenvalue weighted by Gasteiger charge is -2.17. The van der Waals surface area contributed by atoms with E-state index in [1.807, 2.05) is 13.8 Å². The van der Waals surface area contributed by atoms with Gasteiger partial charge in [0.2, 0.25) is 10.3 Å². The molecule has 0 bridgehead atoms. The van der Waals surface area contributed by atoms with Gasteiger partial charge in [0.25, 0.3) is 0 Å². The van der Waals surface area contributed by atoms with Crippen LogP contribution in [0, 0.1) is 0 Å². The molecule has 21 heavy (non-hydrogen) atoms. The molecular formula is C14H16O6S. The van der Waals surface area contributed by atoms with E-state index in [-0.39, 0.29) is 11.7 Å². The van der Waals surface area contributed by atoms with Crippen molar-refractivity contribution in [2.75, 3.05) is 6.61 Å². The smallest absolute Gasteiger partial charge is 0.352 e. The van der Waals surface area contributed by atoms with Crippen molar-refractivity contribution in [1.82, 2.24) is 0 Å². The van der Waals surface area contributed by atoms with Crippen LogP contribution in [0.5, 0.6) is 0 Å². The third-order valence-electron chi connectivity index (χ3n) is 3.11. The molecule has 1 fully saturated rings. The molecule has 0 aromatic heterocycles. The zero-order valence-electron chi connectivity index (χ0n) is 11.7.